The number of anilines is 1. The number of sulfonamides is 1. The number of nitrogen functional groups attached to an aromatic ring is 1. The number of nitrogens with two attached hydrogens (primary N) is 1. The number of aliphatic hydroxyl groups excluding tert-OH is 1. The van der Waals surface area contributed by atoms with E-state index >= 15 is 0 Å². The molecular formula is C12H19ClN2O3S. The quantitative estimate of drug-likeness (QED) is 0.721. The standard InChI is InChI=1S/C12H19ClN2O3S/c1-7-4-10(6-11(14)12(7)13)19(17,18)15-8(2)5-9(3)16/h4,6,8-9,15-16H,5,14H2,1-3H3. The molecule has 0 spiro atoms. The van der Waals surface area contributed by atoms with Crippen LogP contribution in [0.15, 0.2) is 17.0 Å². The molecule has 0 aliphatic heterocycles. The Bertz CT molecular complexity index is 535. The maximum absolute atomic E-state index is 12.1. The molecule has 7 heteroatoms. The Morgan fingerprint density at radius 1 is 1.42 bits per heavy atom. The number of hydrogen-bond donors (Lipinski definition) is 3. The number of rotatable bonds is 5. The van der Waals surface area contributed by atoms with Crippen LogP contribution in [0.3, 0.4) is 0 Å². The fraction of sp³-hybridized carbons (Fsp3) is 0.500. The van der Waals surface area contributed by atoms with Crippen LogP contribution in [0.4, 0.5) is 5.69 Å². The highest BCUT2D eigenvalue weighted by Gasteiger charge is 2.20. The van der Waals surface area contributed by atoms with Gasteiger partial charge < -0.3 is 10.8 Å². The zero-order valence-corrected chi connectivity index (χ0v) is 12.7. The lowest BCUT2D eigenvalue weighted by Gasteiger charge is -2.16. The van der Waals surface area contributed by atoms with Gasteiger partial charge in [-0.25, -0.2) is 13.1 Å². The summed E-state index contributed by atoms with van der Waals surface area (Å²) in [7, 11) is -3.67. The van der Waals surface area contributed by atoms with Gasteiger partial charge in [0.15, 0.2) is 0 Å². The molecule has 2 atom stereocenters. The van der Waals surface area contributed by atoms with Crippen molar-refractivity contribution >= 4 is 27.3 Å². The Kier molecular flexibility index (Phi) is 5.20. The van der Waals surface area contributed by atoms with Crippen LogP contribution in [0.5, 0.6) is 0 Å². The van der Waals surface area contributed by atoms with Crippen LogP contribution in [0.2, 0.25) is 5.02 Å². The highest BCUT2D eigenvalue weighted by atomic mass is 35.5. The van der Waals surface area contributed by atoms with Gasteiger partial charge in [-0.05, 0) is 44.9 Å². The Morgan fingerprint density at radius 2 is 2.00 bits per heavy atom. The molecule has 0 bridgehead atoms. The minimum Gasteiger partial charge on any atom is -0.397 e. The third-order valence-corrected chi connectivity index (χ3v) is 4.70. The first-order valence-corrected chi connectivity index (χ1v) is 7.75. The number of nitrogens with one attached hydrogen (secondary N) is 1. The third-order valence-electron chi connectivity index (χ3n) is 2.62. The van der Waals surface area contributed by atoms with Crippen LogP contribution in [0.1, 0.15) is 25.8 Å². The Hall–Kier alpha value is -0.820. The molecule has 4 N–H and O–H groups in total. The molecule has 0 aliphatic rings. The minimum absolute atomic E-state index is 0.0735. The van der Waals surface area contributed by atoms with Gasteiger partial charge in [0.2, 0.25) is 10.0 Å². The molecule has 1 aromatic rings. The second-order valence-corrected chi connectivity index (χ2v) is 6.84. The average molecular weight is 307 g/mol. The fourth-order valence-electron chi connectivity index (χ4n) is 1.81. The summed E-state index contributed by atoms with van der Waals surface area (Å²) in [4.78, 5) is 0.0735. The summed E-state index contributed by atoms with van der Waals surface area (Å²) in [6.07, 6.45) is -0.240. The molecule has 0 saturated carbocycles. The van der Waals surface area contributed by atoms with E-state index in [0.717, 1.165) is 0 Å². The SMILES string of the molecule is Cc1cc(S(=O)(=O)NC(C)CC(C)O)cc(N)c1Cl. The van der Waals surface area contributed by atoms with Gasteiger partial charge in [-0.1, -0.05) is 11.6 Å². The predicted octanol–water partition coefficient (Wildman–Crippen LogP) is 1.67. The van der Waals surface area contributed by atoms with E-state index in [0.29, 0.717) is 17.0 Å². The van der Waals surface area contributed by atoms with Gasteiger partial charge in [-0.15, -0.1) is 0 Å². The van der Waals surface area contributed by atoms with Crippen LogP contribution in [-0.4, -0.2) is 25.7 Å². The first-order chi connectivity index (χ1) is 8.63. The van der Waals surface area contributed by atoms with Crippen molar-refractivity contribution in [3.8, 4) is 0 Å². The summed E-state index contributed by atoms with van der Waals surface area (Å²) < 4.78 is 26.8. The van der Waals surface area contributed by atoms with E-state index in [9.17, 15) is 13.5 Å². The van der Waals surface area contributed by atoms with Gasteiger partial charge in [0.05, 0.1) is 21.7 Å². The summed E-state index contributed by atoms with van der Waals surface area (Å²) in [5.41, 5.74) is 6.49. The van der Waals surface area contributed by atoms with Crippen molar-refractivity contribution in [3.05, 3.63) is 22.7 Å². The van der Waals surface area contributed by atoms with E-state index in [4.69, 9.17) is 17.3 Å². The van der Waals surface area contributed by atoms with Gasteiger partial charge in [0, 0.05) is 6.04 Å². The summed E-state index contributed by atoms with van der Waals surface area (Å²) in [6.45, 7) is 4.99. The smallest absolute Gasteiger partial charge is 0.240 e. The summed E-state index contributed by atoms with van der Waals surface area (Å²) >= 11 is 5.90. The van der Waals surface area contributed by atoms with Gasteiger partial charge >= 0.3 is 0 Å². The van der Waals surface area contributed by atoms with E-state index < -0.39 is 16.1 Å². The molecule has 19 heavy (non-hydrogen) atoms. The van der Waals surface area contributed by atoms with Crippen molar-refractivity contribution in [2.75, 3.05) is 5.73 Å². The van der Waals surface area contributed by atoms with Crippen LogP contribution < -0.4 is 10.5 Å². The molecule has 108 valence electrons. The predicted molar refractivity (Wildman–Crippen MR) is 76.7 cm³/mol. The first kappa shape index (κ1) is 16.2. The molecule has 5 nitrogen and oxygen atoms in total. The van der Waals surface area contributed by atoms with Crippen molar-refractivity contribution in [2.24, 2.45) is 0 Å². The van der Waals surface area contributed by atoms with Crippen LogP contribution in [-0.2, 0) is 10.0 Å². The van der Waals surface area contributed by atoms with E-state index in [-0.39, 0.29) is 16.6 Å². The van der Waals surface area contributed by atoms with Gasteiger partial charge in [-0.2, -0.15) is 0 Å². The largest absolute Gasteiger partial charge is 0.397 e. The summed E-state index contributed by atoms with van der Waals surface area (Å²) in [5.74, 6) is 0. The lowest BCUT2D eigenvalue weighted by atomic mass is 10.2. The zero-order valence-electron chi connectivity index (χ0n) is 11.1. The zero-order chi connectivity index (χ0) is 14.8. The van der Waals surface area contributed by atoms with Crippen molar-refractivity contribution in [1.82, 2.24) is 4.72 Å². The second kappa shape index (κ2) is 6.09. The molecule has 0 fully saturated rings. The molecule has 0 saturated heterocycles. The molecule has 0 radical (unpaired) electrons. The molecular weight excluding hydrogens is 288 g/mol. The normalized spacial score (nSPS) is 15.2. The lowest BCUT2D eigenvalue weighted by molar-refractivity contribution is 0.175. The molecule has 0 heterocycles. The van der Waals surface area contributed by atoms with Gasteiger partial charge in [0.1, 0.15) is 0 Å². The summed E-state index contributed by atoms with van der Waals surface area (Å²) in [5, 5.41) is 9.60. The maximum Gasteiger partial charge on any atom is 0.240 e. The monoisotopic (exact) mass is 306 g/mol. The molecule has 0 aliphatic carbocycles. The average Bonchev–Trinajstić information content (AvgIpc) is 2.22. The maximum atomic E-state index is 12.1. The number of benzene rings is 1. The van der Waals surface area contributed by atoms with E-state index in [2.05, 4.69) is 4.72 Å². The Balaban J connectivity index is 3.01. The molecule has 1 rings (SSSR count). The van der Waals surface area contributed by atoms with Gasteiger partial charge in [0.25, 0.3) is 0 Å². The van der Waals surface area contributed by atoms with Crippen molar-refractivity contribution in [3.63, 3.8) is 0 Å². The number of aliphatic hydroxyl groups is 1. The fourth-order valence-corrected chi connectivity index (χ4v) is 3.30. The Morgan fingerprint density at radius 3 is 2.47 bits per heavy atom. The van der Waals surface area contributed by atoms with Crippen LogP contribution in [0.25, 0.3) is 0 Å². The van der Waals surface area contributed by atoms with Crippen molar-refractivity contribution < 1.29 is 13.5 Å². The topological polar surface area (TPSA) is 92.4 Å². The molecule has 0 amide bonds. The molecule has 1 aromatic carbocycles. The number of aryl methyl sites for hydroxylation is 1. The number of halogens is 1. The van der Waals surface area contributed by atoms with E-state index in [1.807, 2.05) is 0 Å². The van der Waals surface area contributed by atoms with Crippen molar-refractivity contribution in [2.45, 2.75) is 44.2 Å². The third kappa shape index (κ3) is 4.35. The Labute approximate surface area is 118 Å². The van der Waals surface area contributed by atoms with Crippen LogP contribution in [0, 0.1) is 6.92 Å². The lowest BCUT2D eigenvalue weighted by Crippen LogP contribution is -2.34. The number of hydrogen-bond acceptors (Lipinski definition) is 4. The highest BCUT2D eigenvalue weighted by molar-refractivity contribution is 7.89. The van der Waals surface area contributed by atoms with E-state index in [1.165, 1.54) is 12.1 Å². The first-order valence-electron chi connectivity index (χ1n) is 5.89. The van der Waals surface area contributed by atoms with E-state index in [1.54, 1.807) is 20.8 Å². The van der Waals surface area contributed by atoms with Gasteiger partial charge in [-0.3, -0.25) is 0 Å². The van der Waals surface area contributed by atoms with Crippen molar-refractivity contribution in [1.29, 1.82) is 0 Å². The highest BCUT2D eigenvalue weighted by Crippen LogP contribution is 2.26. The minimum atomic E-state index is -3.67. The molecule has 0 aromatic heterocycles. The second-order valence-electron chi connectivity index (χ2n) is 4.75. The molecule has 2 unspecified atom stereocenters. The summed E-state index contributed by atoms with van der Waals surface area (Å²) in [6, 6.07) is 2.42. The van der Waals surface area contributed by atoms with Crippen LogP contribution >= 0.6 is 11.6 Å².